The van der Waals surface area contributed by atoms with Crippen LogP contribution in [0.15, 0.2) is 12.4 Å². The zero-order valence-electron chi connectivity index (χ0n) is 10.0. The molecule has 0 aromatic carbocycles. The normalized spacial score (nSPS) is 17.9. The largest absolute Gasteiger partial charge is 0.388 e. The van der Waals surface area contributed by atoms with E-state index in [1.54, 1.807) is 12.4 Å². The van der Waals surface area contributed by atoms with Crippen LogP contribution in [0.1, 0.15) is 38.3 Å². The van der Waals surface area contributed by atoms with Crippen LogP contribution in [0.2, 0.25) is 0 Å². The molecular formula is C12H18N4S. The maximum Gasteiger partial charge on any atom is 0.155 e. The molecule has 4 nitrogen and oxygen atoms in total. The van der Waals surface area contributed by atoms with Crippen molar-refractivity contribution in [2.24, 2.45) is 11.7 Å². The number of rotatable bonds is 4. The monoisotopic (exact) mass is 250 g/mol. The summed E-state index contributed by atoms with van der Waals surface area (Å²) in [5, 5.41) is 3.39. The van der Waals surface area contributed by atoms with Gasteiger partial charge in [0.1, 0.15) is 10.7 Å². The van der Waals surface area contributed by atoms with Crippen LogP contribution in [0.4, 0.5) is 5.82 Å². The van der Waals surface area contributed by atoms with E-state index in [4.69, 9.17) is 18.0 Å². The molecule has 1 aromatic heterocycles. The molecule has 0 bridgehead atoms. The van der Waals surface area contributed by atoms with E-state index in [9.17, 15) is 0 Å². The third-order valence-electron chi connectivity index (χ3n) is 3.40. The predicted octanol–water partition coefficient (Wildman–Crippen LogP) is 2.10. The van der Waals surface area contributed by atoms with Gasteiger partial charge in [-0.05, 0) is 25.7 Å². The van der Waals surface area contributed by atoms with Gasteiger partial charge in [-0.25, -0.2) is 9.97 Å². The van der Waals surface area contributed by atoms with Crippen LogP contribution in [-0.4, -0.2) is 21.0 Å². The molecule has 0 spiro atoms. The van der Waals surface area contributed by atoms with Crippen molar-refractivity contribution < 1.29 is 0 Å². The van der Waals surface area contributed by atoms with Crippen LogP contribution in [-0.2, 0) is 0 Å². The van der Waals surface area contributed by atoms with Gasteiger partial charge in [0.05, 0.1) is 0 Å². The number of aromatic nitrogens is 2. The van der Waals surface area contributed by atoms with Gasteiger partial charge in [-0.3, -0.25) is 0 Å². The molecule has 5 heteroatoms. The van der Waals surface area contributed by atoms with E-state index in [1.807, 2.05) is 0 Å². The summed E-state index contributed by atoms with van der Waals surface area (Å²) < 4.78 is 0. The Labute approximate surface area is 107 Å². The highest BCUT2D eigenvalue weighted by Gasteiger charge is 2.22. The number of nitrogens with zero attached hydrogens (tertiary/aromatic N) is 2. The van der Waals surface area contributed by atoms with E-state index in [0.717, 1.165) is 5.92 Å². The third kappa shape index (κ3) is 2.91. The molecule has 1 atom stereocenters. The van der Waals surface area contributed by atoms with Gasteiger partial charge in [-0.15, -0.1) is 0 Å². The van der Waals surface area contributed by atoms with Crippen molar-refractivity contribution in [3.05, 3.63) is 18.1 Å². The lowest BCUT2D eigenvalue weighted by Gasteiger charge is -2.21. The SMILES string of the molecule is CC(Nc1nccnc1C(N)=S)C1CCCC1. The lowest BCUT2D eigenvalue weighted by Crippen LogP contribution is -2.26. The molecular weight excluding hydrogens is 232 g/mol. The summed E-state index contributed by atoms with van der Waals surface area (Å²) >= 11 is 4.97. The van der Waals surface area contributed by atoms with Crippen molar-refractivity contribution in [1.29, 1.82) is 0 Å². The highest BCUT2D eigenvalue weighted by Crippen LogP contribution is 2.29. The van der Waals surface area contributed by atoms with Gasteiger partial charge in [0.15, 0.2) is 5.82 Å². The first-order valence-corrected chi connectivity index (χ1v) is 6.46. The Kier molecular flexibility index (Phi) is 3.89. The van der Waals surface area contributed by atoms with Crippen LogP contribution >= 0.6 is 12.2 Å². The fraction of sp³-hybridized carbons (Fsp3) is 0.583. The zero-order chi connectivity index (χ0) is 12.3. The number of thiocarbonyl (C=S) groups is 1. The van der Waals surface area contributed by atoms with Crippen molar-refractivity contribution in [2.75, 3.05) is 5.32 Å². The minimum Gasteiger partial charge on any atom is -0.388 e. The molecule has 1 aliphatic rings. The average molecular weight is 250 g/mol. The van der Waals surface area contributed by atoms with Crippen LogP contribution < -0.4 is 11.1 Å². The topological polar surface area (TPSA) is 63.8 Å². The second-order valence-electron chi connectivity index (χ2n) is 4.60. The molecule has 92 valence electrons. The smallest absolute Gasteiger partial charge is 0.155 e. The Hall–Kier alpha value is -1.23. The molecule has 1 fully saturated rings. The molecule has 0 aliphatic heterocycles. The first-order valence-electron chi connectivity index (χ1n) is 6.06. The van der Waals surface area contributed by atoms with Gasteiger partial charge >= 0.3 is 0 Å². The van der Waals surface area contributed by atoms with Crippen LogP contribution in [0.5, 0.6) is 0 Å². The van der Waals surface area contributed by atoms with E-state index < -0.39 is 0 Å². The minimum absolute atomic E-state index is 0.291. The molecule has 17 heavy (non-hydrogen) atoms. The van der Waals surface area contributed by atoms with Crippen molar-refractivity contribution in [1.82, 2.24) is 9.97 Å². The molecule has 0 amide bonds. The summed E-state index contributed by atoms with van der Waals surface area (Å²) in [6.45, 7) is 2.19. The van der Waals surface area contributed by atoms with Crippen molar-refractivity contribution in [3.8, 4) is 0 Å². The number of nitrogens with two attached hydrogens (primary N) is 1. The molecule has 1 saturated carbocycles. The van der Waals surface area contributed by atoms with Crippen molar-refractivity contribution in [3.63, 3.8) is 0 Å². The fourth-order valence-electron chi connectivity index (χ4n) is 2.41. The highest BCUT2D eigenvalue weighted by atomic mass is 32.1. The van der Waals surface area contributed by atoms with Gasteiger partial charge in [-0.1, -0.05) is 25.1 Å². The Balaban J connectivity index is 2.09. The lowest BCUT2D eigenvalue weighted by molar-refractivity contribution is 0.481. The molecule has 3 N–H and O–H groups in total. The second kappa shape index (κ2) is 5.40. The summed E-state index contributed by atoms with van der Waals surface area (Å²) in [5.41, 5.74) is 6.22. The highest BCUT2D eigenvalue weighted by molar-refractivity contribution is 7.80. The van der Waals surface area contributed by atoms with Crippen LogP contribution in [0.25, 0.3) is 0 Å². The van der Waals surface area contributed by atoms with Crippen molar-refractivity contribution >= 4 is 23.0 Å². The molecule has 0 saturated heterocycles. The third-order valence-corrected chi connectivity index (χ3v) is 3.60. The van der Waals surface area contributed by atoms with Crippen LogP contribution in [0.3, 0.4) is 0 Å². The first kappa shape index (κ1) is 12.2. The van der Waals surface area contributed by atoms with Crippen LogP contribution in [0, 0.1) is 5.92 Å². The maximum atomic E-state index is 5.63. The first-order chi connectivity index (χ1) is 8.18. The van der Waals surface area contributed by atoms with Gasteiger partial charge in [0.2, 0.25) is 0 Å². The van der Waals surface area contributed by atoms with Gasteiger partial charge < -0.3 is 11.1 Å². The van der Waals surface area contributed by atoms with E-state index in [1.165, 1.54) is 25.7 Å². The Morgan fingerprint density at radius 1 is 1.41 bits per heavy atom. The summed E-state index contributed by atoms with van der Waals surface area (Å²) in [5.74, 6) is 1.43. The standard InChI is InChI=1S/C12H18N4S/c1-8(9-4-2-3-5-9)16-12-10(11(13)17)14-6-7-15-12/h6-9H,2-5H2,1H3,(H2,13,17)(H,15,16). The number of hydrogen-bond acceptors (Lipinski definition) is 4. The molecule has 2 rings (SSSR count). The summed E-state index contributed by atoms with van der Waals surface area (Å²) in [6.07, 6.45) is 8.51. The Morgan fingerprint density at radius 3 is 2.71 bits per heavy atom. The Bertz CT molecular complexity index is 401. The van der Waals surface area contributed by atoms with E-state index in [-0.39, 0.29) is 0 Å². The molecule has 0 radical (unpaired) electrons. The average Bonchev–Trinajstić information content (AvgIpc) is 2.83. The maximum absolute atomic E-state index is 5.63. The second-order valence-corrected chi connectivity index (χ2v) is 5.04. The van der Waals surface area contributed by atoms with Gasteiger partial charge in [0.25, 0.3) is 0 Å². The van der Waals surface area contributed by atoms with Gasteiger partial charge in [-0.2, -0.15) is 0 Å². The predicted molar refractivity (Wildman–Crippen MR) is 73.0 cm³/mol. The number of hydrogen-bond donors (Lipinski definition) is 2. The lowest BCUT2D eigenvalue weighted by atomic mass is 10.00. The molecule has 1 heterocycles. The molecule has 1 unspecified atom stereocenters. The summed E-state index contributed by atoms with van der Waals surface area (Å²) in [7, 11) is 0. The summed E-state index contributed by atoms with van der Waals surface area (Å²) in [4.78, 5) is 8.73. The van der Waals surface area contributed by atoms with E-state index >= 15 is 0 Å². The quantitative estimate of drug-likeness (QED) is 0.801. The van der Waals surface area contributed by atoms with E-state index in [2.05, 4.69) is 22.2 Å². The zero-order valence-corrected chi connectivity index (χ0v) is 10.8. The van der Waals surface area contributed by atoms with Gasteiger partial charge in [0, 0.05) is 18.4 Å². The number of anilines is 1. The molecule has 1 aliphatic carbocycles. The van der Waals surface area contributed by atoms with E-state index in [0.29, 0.717) is 22.5 Å². The fourth-order valence-corrected chi connectivity index (χ4v) is 2.56. The molecule has 1 aromatic rings. The number of nitrogens with one attached hydrogen (secondary N) is 1. The minimum atomic E-state index is 0.291. The van der Waals surface area contributed by atoms with Crippen molar-refractivity contribution in [2.45, 2.75) is 38.6 Å². The Morgan fingerprint density at radius 2 is 2.06 bits per heavy atom. The summed E-state index contributed by atoms with van der Waals surface area (Å²) in [6, 6.07) is 0.391.